The Morgan fingerprint density at radius 3 is 2.09 bits per heavy atom. The van der Waals surface area contributed by atoms with Crippen LogP contribution in [0, 0.1) is 0 Å². The minimum Gasteiger partial charge on any atom is -0.312 e. The van der Waals surface area contributed by atoms with Gasteiger partial charge in [-0.1, -0.05) is 94.7 Å². The third-order valence-corrected chi connectivity index (χ3v) is 8.44. The predicted octanol–water partition coefficient (Wildman–Crippen LogP) is 6.31. The van der Waals surface area contributed by atoms with E-state index in [0.717, 1.165) is 19.3 Å². The highest BCUT2D eigenvalue weighted by atomic mass is 15.1. The molecule has 0 aliphatic carbocycles. The van der Waals surface area contributed by atoms with E-state index in [1.54, 1.807) is 0 Å². The summed E-state index contributed by atoms with van der Waals surface area (Å²) in [6.45, 7) is 11.9. The first-order chi connectivity index (χ1) is 17.0. The summed E-state index contributed by atoms with van der Waals surface area (Å²) in [4.78, 5) is 2.52. The molecule has 4 aromatic carbocycles. The SMILES string of the molecule is CCc1ccc(N2c3ccc(CC)cc3B3c4ccccc4C(C)(C)c4c(CC)ccc2c43)cc1. The molecule has 0 spiro atoms. The highest BCUT2D eigenvalue weighted by Crippen LogP contribution is 2.43. The summed E-state index contributed by atoms with van der Waals surface area (Å²) in [5.74, 6) is 0. The predicted molar refractivity (Wildman–Crippen MR) is 152 cm³/mol. The van der Waals surface area contributed by atoms with Crippen molar-refractivity contribution in [1.29, 1.82) is 0 Å². The lowest BCUT2D eigenvalue weighted by Gasteiger charge is -2.46. The van der Waals surface area contributed by atoms with Gasteiger partial charge in [0.15, 0.2) is 0 Å². The Labute approximate surface area is 210 Å². The third kappa shape index (κ3) is 3.15. The highest BCUT2D eigenvalue weighted by Gasteiger charge is 2.46. The first-order valence-corrected chi connectivity index (χ1v) is 13.3. The van der Waals surface area contributed by atoms with Crippen LogP contribution in [-0.2, 0) is 24.7 Å². The molecule has 0 N–H and O–H groups in total. The molecule has 2 heteroatoms. The molecule has 174 valence electrons. The Bertz CT molecular complexity index is 1430. The molecule has 0 saturated heterocycles. The van der Waals surface area contributed by atoms with Crippen molar-refractivity contribution in [2.24, 2.45) is 0 Å². The number of nitrogens with zero attached hydrogens (tertiary/aromatic N) is 1. The Balaban J connectivity index is 1.73. The smallest absolute Gasteiger partial charge is 0.247 e. The van der Waals surface area contributed by atoms with Gasteiger partial charge in [-0.05, 0) is 82.3 Å². The molecule has 2 aliphatic rings. The van der Waals surface area contributed by atoms with E-state index in [4.69, 9.17) is 0 Å². The fourth-order valence-corrected chi connectivity index (χ4v) is 6.65. The third-order valence-electron chi connectivity index (χ3n) is 8.44. The summed E-state index contributed by atoms with van der Waals surface area (Å²) >= 11 is 0. The van der Waals surface area contributed by atoms with Crippen LogP contribution in [0.3, 0.4) is 0 Å². The molecular weight excluding hydrogens is 421 g/mol. The van der Waals surface area contributed by atoms with Crippen molar-refractivity contribution in [2.45, 2.75) is 59.3 Å². The minimum atomic E-state index is -0.0403. The first kappa shape index (κ1) is 22.2. The summed E-state index contributed by atoms with van der Waals surface area (Å²) < 4.78 is 0. The van der Waals surface area contributed by atoms with Crippen molar-refractivity contribution >= 4 is 40.2 Å². The van der Waals surface area contributed by atoms with Gasteiger partial charge in [-0.15, -0.1) is 0 Å². The van der Waals surface area contributed by atoms with Gasteiger partial charge in [0.25, 0.3) is 0 Å². The summed E-state index contributed by atoms with van der Waals surface area (Å²) in [6, 6.07) is 30.3. The number of fused-ring (bicyclic) bond motifs is 4. The van der Waals surface area contributed by atoms with Crippen LogP contribution in [0.5, 0.6) is 0 Å². The standard InChI is InChI=1S/C33H34BN/c1-6-22-13-17-25(18-14-22)35-29-19-15-23(7-2)21-28(29)34-27-12-10-9-11-26(27)33(4,5)31-24(8-3)16-20-30(35)32(31)34/h9-21H,6-8H2,1-5H3. The number of aryl methyl sites for hydroxylation is 3. The minimum absolute atomic E-state index is 0.0403. The van der Waals surface area contributed by atoms with Gasteiger partial charge >= 0.3 is 0 Å². The van der Waals surface area contributed by atoms with Gasteiger partial charge in [0.2, 0.25) is 6.71 Å². The average molecular weight is 455 g/mol. The van der Waals surface area contributed by atoms with Gasteiger partial charge < -0.3 is 4.90 Å². The number of hydrogen-bond acceptors (Lipinski definition) is 1. The van der Waals surface area contributed by atoms with Crippen LogP contribution in [0.25, 0.3) is 0 Å². The van der Waals surface area contributed by atoms with Crippen LogP contribution in [0.4, 0.5) is 17.1 Å². The van der Waals surface area contributed by atoms with Crippen LogP contribution in [0.2, 0.25) is 0 Å². The first-order valence-electron chi connectivity index (χ1n) is 13.3. The molecule has 0 saturated carbocycles. The zero-order valence-corrected chi connectivity index (χ0v) is 21.7. The maximum Gasteiger partial charge on any atom is 0.247 e. The molecular formula is C33H34BN. The topological polar surface area (TPSA) is 3.24 Å². The van der Waals surface area contributed by atoms with E-state index in [1.165, 1.54) is 61.3 Å². The Morgan fingerprint density at radius 1 is 0.686 bits per heavy atom. The molecule has 2 aliphatic heterocycles. The highest BCUT2D eigenvalue weighted by molar-refractivity contribution is 6.99. The van der Waals surface area contributed by atoms with E-state index in [-0.39, 0.29) is 12.1 Å². The van der Waals surface area contributed by atoms with Crippen molar-refractivity contribution in [3.8, 4) is 0 Å². The van der Waals surface area contributed by atoms with E-state index < -0.39 is 0 Å². The fraction of sp³-hybridized carbons (Fsp3) is 0.273. The van der Waals surface area contributed by atoms with Crippen LogP contribution in [0.1, 0.15) is 62.4 Å². The number of anilines is 3. The van der Waals surface area contributed by atoms with Crippen molar-refractivity contribution in [1.82, 2.24) is 0 Å². The lowest BCUT2D eigenvalue weighted by atomic mass is 9.30. The van der Waals surface area contributed by atoms with Gasteiger partial charge in [-0.25, -0.2) is 0 Å². The van der Waals surface area contributed by atoms with Crippen LogP contribution >= 0.6 is 0 Å². The van der Waals surface area contributed by atoms with E-state index in [0.29, 0.717) is 0 Å². The summed E-state index contributed by atoms with van der Waals surface area (Å²) in [7, 11) is 0. The van der Waals surface area contributed by atoms with Crippen molar-refractivity contribution in [3.63, 3.8) is 0 Å². The number of benzene rings is 4. The average Bonchev–Trinajstić information content (AvgIpc) is 2.90. The molecule has 2 heterocycles. The fourth-order valence-electron chi connectivity index (χ4n) is 6.65. The van der Waals surface area contributed by atoms with Crippen molar-refractivity contribution < 1.29 is 0 Å². The second-order valence-electron chi connectivity index (χ2n) is 10.6. The normalized spacial score (nSPS) is 14.9. The summed E-state index contributed by atoms with van der Waals surface area (Å²) in [5.41, 5.74) is 15.5. The Kier molecular flexibility index (Phi) is 5.18. The molecule has 0 aromatic heterocycles. The van der Waals surface area contributed by atoms with Crippen molar-refractivity contribution in [3.05, 3.63) is 107 Å². The van der Waals surface area contributed by atoms with Crippen LogP contribution in [0.15, 0.2) is 78.9 Å². The second kappa shape index (κ2) is 8.16. The van der Waals surface area contributed by atoms with E-state index in [9.17, 15) is 0 Å². The number of rotatable bonds is 4. The quantitative estimate of drug-likeness (QED) is 0.287. The summed E-state index contributed by atoms with van der Waals surface area (Å²) in [5, 5.41) is 0. The largest absolute Gasteiger partial charge is 0.312 e. The molecule has 0 bridgehead atoms. The lowest BCUT2D eigenvalue weighted by molar-refractivity contribution is 0.637. The summed E-state index contributed by atoms with van der Waals surface area (Å²) in [6.07, 6.45) is 3.16. The maximum absolute atomic E-state index is 2.52. The van der Waals surface area contributed by atoms with Crippen LogP contribution < -0.4 is 21.3 Å². The molecule has 0 radical (unpaired) electrons. The monoisotopic (exact) mass is 455 g/mol. The lowest BCUT2D eigenvalue weighted by Crippen LogP contribution is -2.64. The molecule has 6 rings (SSSR count). The van der Waals surface area contributed by atoms with E-state index in [2.05, 4.69) is 118 Å². The van der Waals surface area contributed by atoms with Gasteiger partial charge in [0.05, 0.1) is 0 Å². The van der Waals surface area contributed by atoms with Gasteiger partial charge in [0, 0.05) is 22.5 Å². The van der Waals surface area contributed by atoms with Gasteiger partial charge in [-0.3, -0.25) is 0 Å². The van der Waals surface area contributed by atoms with E-state index in [1.807, 2.05) is 0 Å². The van der Waals surface area contributed by atoms with Gasteiger partial charge in [0.1, 0.15) is 0 Å². The molecule has 0 amide bonds. The number of hydrogen-bond donors (Lipinski definition) is 0. The Hall–Kier alpha value is -3.26. The Morgan fingerprint density at radius 2 is 1.37 bits per heavy atom. The molecule has 4 aromatic rings. The zero-order valence-electron chi connectivity index (χ0n) is 21.7. The second-order valence-corrected chi connectivity index (χ2v) is 10.6. The zero-order chi connectivity index (χ0) is 24.3. The maximum atomic E-state index is 2.52. The van der Waals surface area contributed by atoms with Gasteiger partial charge in [-0.2, -0.15) is 0 Å². The molecule has 35 heavy (non-hydrogen) atoms. The van der Waals surface area contributed by atoms with Crippen LogP contribution in [-0.4, -0.2) is 6.71 Å². The molecule has 0 atom stereocenters. The molecule has 0 unspecified atom stereocenters. The molecule has 1 nitrogen and oxygen atoms in total. The molecule has 0 fully saturated rings. The van der Waals surface area contributed by atoms with Crippen molar-refractivity contribution in [2.75, 3.05) is 4.90 Å². The van der Waals surface area contributed by atoms with E-state index >= 15 is 0 Å².